The Morgan fingerprint density at radius 2 is 1.60 bits per heavy atom. The molecule has 0 unspecified atom stereocenters. The van der Waals surface area contributed by atoms with Gasteiger partial charge in [0.2, 0.25) is 0 Å². The summed E-state index contributed by atoms with van der Waals surface area (Å²) in [5.41, 5.74) is 0. The first kappa shape index (κ1) is 18.2. The van der Waals surface area contributed by atoms with Crippen molar-refractivity contribution < 1.29 is 29.3 Å². The number of aliphatic carboxylic acids is 2. The first-order chi connectivity index (χ1) is 9.47. The lowest BCUT2D eigenvalue weighted by Crippen LogP contribution is -2.45. The first-order valence-corrected chi connectivity index (χ1v) is 6.51. The van der Waals surface area contributed by atoms with Gasteiger partial charge in [0, 0.05) is 19.8 Å². The van der Waals surface area contributed by atoms with Gasteiger partial charge in [0.1, 0.15) is 13.1 Å². The quantitative estimate of drug-likeness (QED) is 0.473. The predicted octanol–water partition coefficient (Wildman–Crippen LogP) is 0.374. The molecule has 0 aliphatic rings. The number of carbonyl (C=O) groups is 3. The van der Waals surface area contributed by atoms with Crippen molar-refractivity contribution in [3.05, 3.63) is 0 Å². The summed E-state index contributed by atoms with van der Waals surface area (Å²) in [6, 6.07) is -0.705. The minimum Gasteiger partial charge on any atom is -0.480 e. The molecule has 0 aromatic rings. The van der Waals surface area contributed by atoms with Crippen LogP contribution in [0.4, 0.5) is 4.79 Å². The molecule has 0 aliphatic heterocycles. The molecule has 2 amide bonds. The molecule has 0 heterocycles. The monoisotopic (exact) mass is 290 g/mol. The van der Waals surface area contributed by atoms with E-state index in [1.54, 1.807) is 0 Å². The highest BCUT2D eigenvalue weighted by Gasteiger charge is 2.18. The summed E-state index contributed by atoms with van der Waals surface area (Å²) in [6.45, 7) is 2.24. The van der Waals surface area contributed by atoms with E-state index in [1.165, 1.54) is 0 Å². The maximum Gasteiger partial charge on any atom is 0.323 e. The third-order valence-corrected chi connectivity index (χ3v) is 2.32. The Labute approximate surface area is 117 Å². The molecule has 0 spiro atoms. The van der Waals surface area contributed by atoms with Crippen LogP contribution in [-0.4, -0.2) is 65.9 Å². The summed E-state index contributed by atoms with van der Waals surface area (Å²) in [5.74, 6) is -2.52. The van der Waals surface area contributed by atoms with Crippen LogP contribution in [0.25, 0.3) is 0 Å². The summed E-state index contributed by atoms with van der Waals surface area (Å²) < 4.78 is 5.29. The van der Waals surface area contributed by atoms with E-state index in [0.29, 0.717) is 26.2 Å². The van der Waals surface area contributed by atoms with Crippen molar-refractivity contribution in [1.29, 1.82) is 0 Å². The zero-order valence-corrected chi connectivity index (χ0v) is 11.6. The van der Waals surface area contributed by atoms with E-state index >= 15 is 0 Å². The number of hydrogen-bond donors (Lipinski definition) is 3. The maximum atomic E-state index is 11.6. The van der Waals surface area contributed by atoms with Gasteiger partial charge in [-0.25, -0.2) is 4.79 Å². The van der Waals surface area contributed by atoms with Gasteiger partial charge in [0.25, 0.3) is 0 Å². The number of carbonyl (C=O) groups excluding carboxylic acids is 1. The van der Waals surface area contributed by atoms with Gasteiger partial charge >= 0.3 is 18.0 Å². The maximum absolute atomic E-state index is 11.6. The zero-order chi connectivity index (χ0) is 15.4. The van der Waals surface area contributed by atoms with Crippen molar-refractivity contribution in [2.24, 2.45) is 0 Å². The molecule has 116 valence electrons. The smallest absolute Gasteiger partial charge is 0.323 e. The molecule has 0 aliphatic carbocycles. The highest BCUT2D eigenvalue weighted by molar-refractivity contribution is 5.84. The van der Waals surface area contributed by atoms with E-state index in [0.717, 1.165) is 17.7 Å². The Bertz CT molecular complexity index is 305. The lowest BCUT2D eigenvalue weighted by molar-refractivity contribution is -0.140. The van der Waals surface area contributed by atoms with Crippen LogP contribution in [0.15, 0.2) is 0 Å². The van der Waals surface area contributed by atoms with Crippen molar-refractivity contribution in [2.45, 2.75) is 26.2 Å². The lowest BCUT2D eigenvalue weighted by atomic mass is 10.4. The van der Waals surface area contributed by atoms with E-state index in [2.05, 4.69) is 12.2 Å². The van der Waals surface area contributed by atoms with Crippen LogP contribution < -0.4 is 5.32 Å². The van der Waals surface area contributed by atoms with Gasteiger partial charge in [-0.05, 0) is 12.8 Å². The van der Waals surface area contributed by atoms with E-state index in [4.69, 9.17) is 14.9 Å². The molecule has 0 aromatic carbocycles. The minimum absolute atomic E-state index is 0.306. The molecule has 8 nitrogen and oxygen atoms in total. The number of nitrogens with one attached hydrogen (secondary N) is 1. The largest absolute Gasteiger partial charge is 0.480 e. The molecule has 0 radical (unpaired) electrons. The lowest BCUT2D eigenvalue weighted by Gasteiger charge is -2.19. The average molecular weight is 290 g/mol. The minimum atomic E-state index is -1.26. The molecule has 0 saturated heterocycles. The number of amides is 2. The van der Waals surface area contributed by atoms with Crippen LogP contribution >= 0.6 is 0 Å². The molecule has 20 heavy (non-hydrogen) atoms. The van der Waals surface area contributed by atoms with Crippen LogP contribution in [0.3, 0.4) is 0 Å². The fourth-order valence-electron chi connectivity index (χ4n) is 1.36. The van der Waals surface area contributed by atoms with E-state index < -0.39 is 31.1 Å². The first-order valence-electron chi connectivity index (χ1n) is 6.51. The molecule has 3 N–H and O–H groups in total. The van der Waals surface area contributed by atoms with Gasteiger partial charge in [-0.2, -0.15) is 0 Å². The van der Waals surface area contributed by atoms with Crippen LogP contribution in [0, 0.1) is 0 Å². The normalized spacial score (nSPS) is 10.1. The number of ether oxygens (including phenoxy) is 1. The number of urea groups is 1. The topological polar surface area (TPSA) is 116 Å². The Morgan fingerprint density at radius 3 is 2.10 bits per heavy atom. The zero-order valence-electron chi connectivity index (χ0n) is 11.6. The second kappa shape index (κ2) is 11.0. The van der Waals surface area contributed by atoms with Crippen LogP contribution in [-0.2, 0) is 14.3 Å². The van der Waals surface area contributed by atoms with E-state index in [-0.39, 0.29) is 0 Å². The summed E-state index contributed by atoms with van der Waals surface area (Å²) in [6.07, 6.45) is 2.62. The molecule has 0 rings (SSSR count). The Morgan fingerprint density at radius 1 is 1.05 bits per heavy atom. The molecule has 0 saturated carbocycles. The Kier molecular flexibility index (Phi) is 10.0. The molecule has 0 fully saturated rings. The van der Waals surface area contributed by atoms with Crippen molar-refractivity contribution in [3.63, 3.8) is 0 Å². The number of nitrogens with zero attached hydrogens (tertiary/aromatic N) is 1. The summed E-state index contributed by atoms with van der Waals surface area (Å²) >= 11 is 0. The van der Waals surface area contributed by atoms with Crippen LogP contribution in [0.2, 0.25) is 0 Å². The number of rotatable bonds is 11. The SMILES string of the molecule is CCCCOCCCNC(=O)N(CC(=O)O)CC(=O)O. The standard InChI is InChI=1S/C12H22N2O6/c1-2-3-6-20-7-4-5-13-12(19)14(8-10(15)16)9-11(17)18/h2-9H2,1H3,(H,13,19)(H,15,16)(H,17,18). The Hall–Kier alpha value is -1.83. The van der Waals surface area contributed by atoms with E-state index in [1.807, 2.05) is 0 Å². The molecule has 0 bridgehead atoms. The number of hydrogen-bond acceptors (Lipinski definition) is 4. The third kappa shape index (κ3) is 10.1. The van der Waals surface area contributed by atoms with Crippen LogP contribution in [0.1, 0.15) is 26.2 Å². The van der Waals surface area contributed by atoms with Crippen molar-refractivity contribution >= 4 is 18.0 Å². The average Bonchev–Trinajstić information content (AvgIpc) is 2.35. The summed E-state index contributed by atoms with van der Waals surface area (Å²) in [4.78, 5) is 33.4. The predicted molar refractivity (Wildman–Crippen MR) is 70.6 cm³/mol. The molecular formula is C12H22N2O6. The molecule has 0 atom stereocenters. The van der Waals surface area contributed by atoms with Crippen LogP contribution in [0.5, 0.6) is 0 Å². The highest BCUT2D eigenvalue weighted by atomic mass is 16.5. The third-order valence-electron chi connectivity index (χ3n) is 2.32. The summed E-state index contributed by atoms with van der Waals surface area (Å²) in [7, 11) is 0. The molecule has 8 heteroatoms. The fourth-order valence-corrected chi connectivity index (χ4v) is 1.36. The highest BCUT2D eigenvalue weighted by Crippen LogP contribution is 1.92. The number of carboxylic acids is 2. The van der Waals surface area contributed by atoms with Gasteiger partial charge in [-0.15, -0.1) is 0 Å². The van der Waals surface area contributed by atoms with Gasteiger partial charge in [-0.1, -0.05) is 13.3 Å². The fraction of sp³-hybridized carbons (Fsp3) is 0.750. The summed E-state index contributed by atoms with van der Waals surface area (Å²) in [5, 5.41) is 19.7. The van der Waals surface area contributed by atoms with Gasteiger partial charge in [0.15, 0.2) is 0 Å². The number of carboxylic acid groups (broad SMARTS) is 2. The van der Waals surface area contributed by atoms with E-state index in [9.17, 15) is 14.4 Å². The van der Waals surface area contributed by atoms with Gasteiger partial charge in [0.05, 0.1) is 0 Å². The van der Waals surface area contributed by atoms with Gasteiger partial charge in [-0.3, -0.25) is 9.59 Å². The van der Waals surface area contributed by atoms with Crippen molar-refractivity contribution in [2.75, 3.05) is 32.8 Å². The molecule has 0 aromatic heterocycles. The van der Waals surface area contributed by atoms with Crippen molar-refractivity contribution in [3.8, 4) is 0 Å². The molecular weight excluding hydrogens is 268 g/mol. The second-order valence-corrected chi connectivity index (χ2v) is 4.19. The second-order valence-electron chi connectivity index (χ2n) is 4.19. The van der Waals surface area contributed by atoms with Gasteiger partial charge < -0.3 is 25.2 Å². The number of unbranched alkanes of at least 4 members (excludes halogenated alkanes) is 1. The van der Waals surface area contributed by atoms with Crippen molar-refractivity contribution in [1.82, 2.24) is 10.2 Å². The Balaban J connectivity index is 3.89.